The first-order valence-electron chi connectivity index (χ1n) is 8.69. The van der Waals surface area contributed by atoms with Crippen molar-refractivity contribution in [1.29, 1.82) is 0 Å². The summed E-state index contributed by atoms with van der Waals surface area (Å²) in [6.45, 7) is 0. The Balaban J connectivity index is 1.93. The number of hydrogen-bond acceptors (Lipinski definition) is 3. The molecule has 2 aromatic heterocycles. The molecule has 2 aromatic carbocycles. The molecule has 0 atom stereocenters. The highest BCUT2D eigenvalue weighted by atomic mass is 16.1. The molecule has 0 aliphatic heterocycles. The zero-order chi connectivity index (χ0) is 19.0. The Bertz CT molecular complexity index is 1240. The van der Waals surface area contributed by atoms with E-state index >= 15 is 0 Å². The minimum absolute atomic E-state index is 0.0911. The van der Waals surface area contributed by atoms with Gasteiger partial charge in [-0.25, -0.2) is 0 Å². The molecule has 0 aliphatic rings. The van der Waals surface area contributed by atoms with Crippen molar-refractivity contribution in [3.8, 4) is 5.69 Å². The lowest BCUT2D eigenvalue weighted by atomic mass is 10.1. The number of pyridine rings is 1. The second-order valence-corrected chi connectivity index (χ2v) is 6.35. The zero-order valence-electron chi connectivity index (χ0n) is 15.1. The molecular formula is C22H19N3O2. The molecule has 0 radical (unpaired) electrons. The van der Waals surface area contributed by atoms with Gasteiger partial charge in [0, 0.05) is 49.1 Å². The van der Waals surface area contributed by atoms with Gasteiger partial charge in [0.15, 0.2) is 5.78 Å². The van der Waals surface area contributed by atoms with Crippen molar-refractivity contribution < 1.29 is 4.79 Å². The largest absolute Gasteiger partial charge is 0.394 e. The van der Waals surface area contributed by atoms with Crippen LogP contribution in [-0.4, -0.2) is 22.0 Å². The summed E-state index contributed by atoms with van der Waals surface area (Å²) in [7, 11) is 3.74. The molecule has 5 nitrogen and oxygen atoms in total. The van der Waals surface area contributed by atoms with Gasteiger partial charge in [-0.15, -0.1) is 0 Å². The number of allylic oxidation sites excluding steroid dienone is 1. The molecule has 4 rings (SSSR count). The number of para-hydroxylation sites is 1. The number of hydrogen-bond donors (Lipinski definition) is 1. The second kappa shape index (κ2) is 6.61. The Morgan fingerprint density at radius 2 is 1.70 bits per heavy atom. The Hall–Kier alpha value is -3.60. The van der Waals surface area contributed by atoms with Crippen LogP contribution in [0.1, 0.15) is 10.4 Å². The molecule has 4 aromatic rings. The van der Waals surface area contributed by atoms with Gasteiger partial charge in [-0.05, 0) is 36.4 Å². The average molecular weight is 357 g/mol. The van der Waals surface area contributed by atoms with Gasteiger partial charge in [-0.1, -0.05) is 18.2 Å². The lowest BCUT2D eigenvalue weighted by Gasteiger charge is -2.09. The van der Waals surface area contributed by atoms with Crippen LogP contribution >= 0.6 is 0 Å². The molecule has 0 spiro atoms. The van der Waals surface area contributed by atoms with Gasteiger partial charge in [0.05, 0.1) is 16.6 Å². The summed E-state index contributed by atoms with van der Waals surface area (Å²) in [6, 6.07) is 18.6. The topological polar surface area (TPSA) is 56.0 Å². The van der Waals surface area contributed by atoms with Gasteiger partial charge in [-0.2, -0.15) is 0 Å². The van der Waals surface area contributed by atoms with Crippen LogP contribution in [0, 0.1) is 0 Å². The fraction of sp³-hybridized carbons (Fsp3) is 0.0909. The molecule has 0 amide bonds. The Labute approximate surface area is 156 Å². The van der Waals surface area contributed by atoms with Crippen LogP contribution in [0.4, 0.5) is 0 Å². The summed E-state index contributed by atoms with van der Waals surface area (Å²) >= 11 is 0. The number of carbonyl (C=O) groups excluding carboxylic acids is 1. The third-order valence-corrected chi connectivity index (χ3v) is 4.76. The third-order valence-electron chi connectivity index (χ3n) is 4.76. The first-order valence-corrected chi connectivity index (χ1v) is 8.69. The summed E-state index contributed by atoms with van der Waals surface area (Å²) in [4.78, 5) is 24.8. The van der Waals surface area contributed by atoms with E-state index in [-0.39, 0.29) is 11.3 Å². The van der Waals surface area contributed by atoms with Gasteiger partial charge in [0.1, 0.15) is 0 Å². The van der Waals surface area contributed by atoms with Crippen molar-refractivity contribution in [2.45, 2.75) is 0 Å². The van der Waals surface area contributed by atoms with Gasteiger partial charge in [0.25, 0.3) is 5.56 Å². The Morgan fingerprint density at radius 3 is 2.44 bits per heavy atom. The molecule has 134 valence electrons. The van der Waals surface area contributed by atoms with Crippen molar-refractivity contribution in [2.24, 2.45) is 7.05 Å². The molecule has 0 aliphatic carbocycles. The van der Waals surface area contributed by atoms with E-state index in [0.717, 1.165) is 27.6 Å². The predicted octanol–water partition coefficient (Wildman–Crippen LogP) is 3.40. The Kier molecular flexibility index (Phi) is 4.12. The van der Waals surface area contributed by atoms with E-state index in [4.69, 9.17) is 0 Å². The molecule has 0 bridgehead atoms. The first-order chi connectivity index (χ1) is 13.1. The minimum Gasteiger partial charge on any atom is -0.394 e. The zero-order valence-corrected chi connectivity index (χ0v) is 15.1. The maximum atomic E-state index is 12.7. The SMILES string of the molecule is CN/C=C/C(=O)c1ccc(-n2c(=O)ccc3c2c2ccccc2n3C)cc1. The quantitative estimate of drug-likeness (QED) is 0.450. The van der Waals surface area contributed by atoms with Gasteiger partial charge >= 0.3 is 0 Å². The molecule has 2 heterocycles. The summed E-state index contributed by atoms with van der Waals surface area (Å²) in [5, 5.41) is 3.82. The first kappa shape index (κ1) is 16.8. The van der Waals surface area contributed by atoms with Crippen LogP contribution in [0.25, 0.3) is 27.6 Å². The normalized spacial score (nSPS) is 11.5. The van der Waals surface area contributed by atoms with E-state index in [1.54, 1.807) is 36.0 Å². The van der Waals surface area contributed by atoms with E-state index in [2.05, 4.69) is 9.88 Å². The number of carbonyl (C=O) groups is 1. The fourth-order valence-corrected chi connectivity index (χ4v) is 3.44. The molecule has 0 saturated carbocycles. The molecule has 0 unspecified atom stereocenters. The van der Waals surface area contributed by atoms with E-state index in [0.29, 0.717) is 5.56 Å². The van der Waals surface area contributed by atoms with Crippen LogP contribution in [-0.2, 0) is 7.05 Å². The van der Waals surface area contributed by atoms with Crippen molar-refractivity contribution >= 4 is 27.7 Å². The predicted molar refractivity (Wildman–Crippen MR) is 109 cm³/mol. The minimum atomic E-state index is -0.104. The summed E-state index contributed by atoms with van der Waals surface area (Å²) in [6.07, 6.45) is 3.07. The van der Waals surface area contributed by atoms with Crippen LogP contribution in [0.3, 0.4) is 0 Å². The number of aryl methyl sites for hydroxylation is 1. The summed E-state index contributed by atoms with van der Waals surface area (Å²) < 4.78 is 3.79. The third kappa shape index (κ3) is 2.73. The monoisotopic (exact) mass is 357 g/mol. The van der Waals surface area contributed by atoms with Gasteiger partial charge in [-0.3, -0.25) is 14.2 Å². The maximum absolute atomic E-state index is 12.7. The lowest BCUT2D eigenvalue weighted by Crippen LogP contribution is -2.17. The van der Waals surface area contributed by atoms with Crippen molar-refractivity contribution in [3.63, 3.8) is 0 Å². The summed E-state index contributed by atoms with van der Waals surface area (Å²) in [5.41, 5.74) is 4.12. The van der Waals surface area contributed by atoms with Crippen molar-refractivity contribution in [1.82, 2.24) is 14.5 Å². The van der Waals surface area contributed by atoms with Crippen LogP contribution < -0.4 is 10.9 Å². The van der Waals surface area contributed by atoms with E-state index in [1.807, 2.05) is 49.5 Å². The number of benzene rings is 2. The smallest absolute Gasteiger partial charge is 0.255 e. The molecular weight excluding hydrogens is 338 g/mol. The molecule has 0 fully saturated rings. The highest BCUT2D eigenvalue weighted by Gasteiger charge is 2.14. The number of nitrogens with zero attached hydrogens (tertiary/aromatic N) is 2. The number of nitrogens with one attached hydrogen (secondary N) is 1. The number of aromatic nitrogens is 2. The van der Waals surface area contributed by atoms with E-state index in [1.165, 1.54) is 6.08 Å². The van der Waals surface area contributed by atoms with Crippen molar-refractivity contribution in [2.75, 3.05) is 7.05 Å². The van der Waals surface area contributed by atoms with Crippen LogP contribution in [0.15, 0.2) is 77.7 Å². The van der Waals surface area contributed by atoms with Gasteiger partial charge < -0.3 is 9.88 Å². The lowest BCUT2D eigenvalue weighted by molar-refractivity contribution is 0.104. The van der Waals surface area contributed by atoms with E-state index < -0.39 is 0 Å². The number of rotatable bonds is 4. The average Bonchev–Trinajstić information content (AvgIpc) is 2.99. The second-order valence-electron chi connectivity index (χ2n) is 6.35. The molecule has 1 N–H and O–H groups in total. The maximum Gasteiger partial charge on any atom is 0.255 e. The van der Waals surface area contributed by atoms with Crippen LogP contribution in [0.5, 0.6) is 0 Å². The molecule has 27 heavy (non-hydrogen) atoms. The van der Waals surface area contributed by atoms with Gasteiger partial charge in [0.2, 0.25) is 0 Å². The number of ketones is 1. The number of fused-ring (bicyclic) bond motifs is 3. The highest BCUT2D eigenvalue weighted by molar-refractivity contribution is 6.07. The fourth-order valence-electron chi connectivity index (χ4n) is 3.44. The molecule has 5 heteroatoms. The van der Waals surface area contributed by atoms with Crippen molar-refractivity contribution in [3.05, 3.63) is 88.9 Å². The van der Waals surface area contributed by atoms with Crippen LogP contribution in [0.2, 0.25) is 0 Å². The highest BCUT2D eigenvalue weighted by Crippen LogP contribution is 2.28. The standard InChI is InChI=1S/C22H19N3O2/c1-23-14-13-20(26)15-7-9-16(10-8-15)25-21(27)12-11-19-22(25)17-5-3-4-6-18(17)24(19)2/h3-14,23H,1-2H3/b14-13+. The summed E-state index contributed by atoms with van der Waals surface area (Å²) in [5.74, 6) is -0.0911. The Morgan fingerprint density at radius 1 is 0.963 bits per heavy atom. The molecule has 0 saturated heterocycles. The van der Waals surface area contributed by atoms with E-state index in [9.17, 15) is 9.59 Å².